The van der Waals surface area contributed by atoms with Gasteiger partial charge in [0.05, 0.1) is 21.7 Å². The van der Waals surface area contributed by atoms with Gasteiger partial charge < -0.3 is 14.4 Å². The zero-order valence-electron chi connectivity index (χ0n) is 17.7. The highest BCUT2D eigenvalue weighted by Crippen LogP contribution is 2.48. The topological polar surface area (TPSA) is 38.8 Å². The molecule has 0 saturated heterocycles. The Balaban J connectivity index is 1.84. The number of amides is 1. The van der Waals surface area contributed by atoms with Crippen molar-refractivity contribution in [3.05, 3.63) is 52.0 Å². The lowest BCUT2D eigenvalue weighted by molar-refractivity contribution is 0.0832. The molecule has 4 rings (SSSR count). The van der Waals surface area contributed by atoms with E-state index in [1.165, 1.54) is 10.8 Å². The molecule has 0 aromatic heterocycles. The molecule has 28 heavy (non-hydrogen) atoms. The van der Waals surface area contributed by atoms with Crippen molar-refractivity contribution in [2.24, 2.45) is 0 Å². The van der Waals surface area contributed by atoms with Crippen LogP contribution in [0.4, 0.5) is 0 Å². The van der Waals surface area contributed by atoms with Crippen LogP contribution in [-0.2, 0) is 0 Å². The average molecular weight is 412 g/mol. The van der Waals surface area contributed by atoms with Gasteiger partial charge in [-0.05, 0) is 29.7 Å². The number of hydrogen-bond donors (Lipinski definition) is 0. The zero-order chi connectivity index (χ0) is 20.3. The maximum atomic E-state index is 13.3. The van der Waals surface area contributed by atoms with Gasteiger partial charge in [-0.15, -0.1) is 0 Å². The van der Waals surface area contributed by atoms with Crippen LogP contribution in [0.5, 0.6) is 11.5 Å². The number of carbonyl (C=O) groups is 1. The van der Waals surface area contributed by atoms with Crippen molar-refractivity contribution in [1.82, 2.24) is 4.90 Å². The first-order valence-corrected chi connectivity index (χ1v) is 17.0. The first kappa shape index (κ1) is 19.3. The van der Waals surface area contributed by atoms with E-state index in [0.29, 0.717) is 11.3 Å². The Morgan fingerprint density at radius 3 is 2.25 bits per heavy atom. The van der Waals surface area contributed by atoms with Crippen molar-refractivity contribution in [2.75, 3.05) is 13.3 Å². The Kier molecular flexibility index (Phi) is 4.47. The number of fused-ring (bicyclic) bond motifs is 1. The molecule has 0 radical (unpaired) electrons. The summed E-state index contributed by atoms with van der Waals surface area (Å²) >= 11 is 0. The highest BCUT2D eigenvalue weighted by atomic mass is 28.3. The monoisotopic (exact) mass is 411 g/mol. The number of rotatable bonds is 4. The van der Waals surface area contributed by atoms with Gasteiger partial charge in [0.15, 0.2) is 11.5 Å². The summed E-state index contributed by atoms with van der Waals surface area (Å²) in [6.07, 6.45) is 7.20. The van der Waals surface area contributed by atoms with E-state index in [4.69, 9.17) is 9.47 Å². The van der Waals surface area contributed by atoms with E-state index in [1.54, 1.807) is 10.1 Å². The van der Waals surface area contributed by atoms with Crippen LogP contribution in [-0.4, -0.2) is 40.3 Å². The highest BCUT2D eigenvalue weighted by Gasteiger charge is 2.39. The van der Waals surface area contributed by atoms with Gasteiger partial charge >= 0.3 is 0 Å². The third-order valence-electron chi connectivity index (χ3n) is 5.50. The van der Waals surface area contributed by atoms with Crippen LogP contribution in [0.2, 0.25) is 39.3 Å². The molecule has 6 heteroatoms. The summed E-state index contributed by atoms with van der Waals surface area (Å²) < 4.78 is 11.2. The first-order valence-electron chi connectivity index (χ1n) is 9.96. The van der Waals surface area contributed by atoms with Gasteiger partial charge in [-0.3, -0.25) is 4.79 Å². The van der Waals surface area contributed by atoms with Crippen molar-refractivity contribution in [2.45, 2.75) is 45.7 Å². The smallest absolute Gasteiger partial charge is 0.258 e. The van der Waals surface area contributed by atoms with Crippen molar-refractivity contribution in [3.8, 4) is 11.5 Å². The lowest BCUT2D eigenvalue weighted by Crippen LogP contribution is -2.38. The lowest BCUT2D eigenvalue weighted by atomic mass is 9.92. The second kappa shape index (κ2) is 6.49. The molecule has 148 valence electrons. The van der Waals surface area contributed by atoms with Gasteiger partial charge in [0.25, 0.3) is 5.91 Å². The van der Waals surface area contributed by atoms with E-state index >= 15 is 0 Å². The van der Waals surface area contributed by atoms with Gasteiger partial charge in [0.1, 0.15) is 0 Å². The standard InChI is InChI=1S/C22H29NO3Si2/c1-27(2,3)20-13-16(21(20)28(4,5)6)15-11-18-19(26-14-25-18)12-17(15)22(24)23-9-7-8-10-23/h7,9,11-13H,8,10,14H2,1-6H3. The highest BCUT2D eigenvalue weighted by molar-refractivity contribution is 6.92. The SMILES string of the molecule is C[Si](C)(C)C1=C([Si](C)(C)C)C(c2cc3c(cc2C(=O)N2C=CCC2)OCO3)=C1. The largest absolute Gasteiger partial charge is 0.454 e. The van der Waals surface area contributed by atoms with Crippen LogP contribution in [0.3, 0.4) is 0 Å². The maximum absolute atomic E-state index is 13.3. The fourth-order valence-electron chi connectivity index (χ4n) is 4.12. The Labute approximate surface area is 169 Å². The molecule has 2 aliphatic heterocycles. The summed E-state index contributed by atoms with van der Waals surface area (Å²) in [6, 6.07) is 3.89. The van der Waals surface area contributed by atoms with E-state index in [0.717, 1.165) is 24.3 Å². The second-order valence-corrected chi connectivity index (χ2v) is 19.8. The Hall–Kier alpha value is -2.06. The van der Waals surface area contributed by atoms with Gasteiger partial charge in [-0.25, -0.2) is 0 Å². The summed E-state index contributed by atoms with van der Waals surface area (Å²) in [5, 5.41) is 3.08. The van der Waals surface area contributed by atoms with Gasteiger partial charge in [-0.2, -0.15) is 0 Å². The first-order chi connectivity index (χ1) is 13.1. The number of nitrogens with zero attached hydrogens (tertiary/aromatic N) is 1. The quantitative estimate of drug-likeness (QED) is 0.637. The molecule has 1 amide bonds. The molecular weight excluding hydrogens is 382 g/mol. The van der Waals surface area contributed by atoms with E-state index in [9.17, 15) is 4.79 Å². The fraction of sp³-hybridized carbons (Fsp3) is 0.409. The minimum absolute atomic E-state index is 0.0410. The maximum Gasteiger partial charge on any atom is 0.258 e. The third kappa shape index (κ3) is 3.18. The molecule has 4 nitrogen and oxygen atoms in total. The van der Waals surface area contributed by atoms with E-state index in [2.05, 4.69) is 45.4 Å². The average Bonchev–Trinajstić information content (AvgIpc) is 3.20. The fourth-order valence-corrected chi connectivity index (χ4v) is 9.73. The van der Waals surface area contributed by atoms with Crippen molar-refractivity contribution < 1.29 is 14.3 Å². The number of benzene rings is 1. The summed E-state index contributed by atoms with van der Waals surface area (Å²) in [4.78, 5) is 15.1. The normalized spacial score (nSPS) is 18.5. The molecule has 1 aliphatic carbocycles. The molecule has 3 aliphatic rings. The Morgan fingerprint density at radius 2 is 1.68 bits per heavy atom. The Bertz CT molecular complexity index is 946. The van der Waals surface area contributed by atoms with Gasteiger partial charge in [0.2, 0.25) is 6.79 Å². The molecule has 0 bridgehead atoms. The third-order valence-corrected chi connectivity index (χ3v) is 9.80. The van der Waals surface area contributed by atoms with Gasteiger partial charge in [-0.1, -0.05) is 61.8 Å². The summed E-state index contributed by atoms with van der Waals surface area (Å²) in [7, 11) is -3.01. The summed E-state index contributed by atoms with van der Waals surface area (Å²) in [5.41, 5.74) is 2.95. The second-order valence-electron chi connectivity index (χ2n) is 9.77. The predicted molar refractivity (Wildman–Crippen MR) is 119 cm³/mol. The Morgan fingerprint density at radius 1 is 1.00 bits per heavy atom. The molecule has 0 atom stereocenters. The van der Waals surface area contributed by atoms with Crippen LogP contribution in [0, 0.1) is 0 Å². The van der Waals surface area contributed by atoms with Crippen LogP contribution < -0.4 is 9.47 Å². The number of hydrogen-bond acceptors (Lipinski definition) is 3. The molecule has 0 N–H and O–H groups in total. The number of ether oxygens (including phenoxy) is 2. The molecule has 2 heterocycles. The van der Waals surface area contributed by atoms with Crippen molar-refractivity contribution in [3.63, 3.8) is 0 Å². The minimum atomic E-state index is -1.57. The van der Waals surface area contributed by atoms with Crippen LogP contribution in [0.1, 0.15) is 22.3 Å². The summed E-state index contributed by atoms with van der Waals surface area (Å²) in [6.45, 7) is 15.3. The number of allylic oxidation sites excluding steroid dienone is 4. The van der Waals surface area contributed by atoms with Crippen LogP contribution in [0.15, 0.2) is 40.9 Å². The molecule has 0 fully saturated rings. The number of carbonyl (C=O) groups excluding carboxylic acids is 1. The van der Waals surface area contributed by atoms with Crippen LogP contribution in [0.25, 0.3) is 5.57 Å². The van der Waals surface area contributed by atoms with Crippen LogP contribution >= 0.6 is 0 Å². The molecule has 0 saturated carbocycles. The van der Waals surface area contributed by atoms with E-state index in [-0.39, 0.29) is 12.7 Å². The molecular formula is C22H29NO3Si2. The molecule has 1 aromatic rings. The van der Waals surface area contributed by atoms with E-state index < -0.39 is 16.1 Å². The minimum Gasteiger partial charge on any atom is -0.454 e. The summed E-state index contributed by atoms with van der Waals surface area (Å²) in [5.74, 6) is 1.44. The molecule has 0 unspecified atom stereocenters. The zero-order valence-corrected chi connectivity index (χ0v) is 19.7. The van der Waals surface area contributed by atoms with Crippen molar-refractivity contribution >= 4 is 27.6 Å². The molecule has 1 aromatic carbocycles. The predicted octanol–water partition coefficient (Wildman–Crippen LogP) is 5.22. The van der Waals surface area contributed by atoms with Gasteiger partial charge in [0, 0.05) is 12.7 Å². The lowest BCUT2D eigenvalue weighted by Gasteiger charge is -2.39. The van der Waals surface area contributed by atoms with E-state index in [1.807, 2.05) is 24.4 Å². The molecule has 0 spiro atoms. The van der Waals surface area contributed by atoms with Crippen molar-refractivity contribution in [1.29, 1.82) is 0 Å².